The van der Waals surface area contributed by atoms with Gasteiger partial charge < -0.3 is 25.2 Å². The Labute approximate surface area is 173 Å². The van der Waals surface area contributed by atoms with Crippen molar-refractivity contribution in [3.63, 3.8) is 0 Å². The van der Waals surface area contributed by atoms with Crippen molar-refractivity contribution in [2.75, 3.05) is 20.2 Å². The van der Waals surface area contributed by atoms with Crippen molar-refractivity contribution in [2.45, 2.75) is 26.5 Å². The minimum Gasteiger partial charge on any atom is -0.504 e. The molecule has 0 aliphatic rings. The Morgan fingerprint density at radius 2 is 1.97 bits per heavy atom. The van der Waals surface area contributed by atoms with Crippen LogP contribution in [-0.2, 0) is 13.0 Å². The number of hydrogen-bond donors (Lipinski definition) is 3. The first kappa shape index (κ1) is 22.5. The fourth-order valence-corrected chi connectivity index (χ4v) is 2.83. The minimum absolute atomic E-state index is 0.0327. The molecule has 9 heteroatoms. The molecule has 0 spiro atoms. The summed E-state index contributed by atoms with van der Waals surface area (Å²) in [4.78, 5) is 4.40. The molecule has 0 heterocycles. The molecule has 6 nitrogen and oxygen atoms in total. The molecule has 2 rings (SSSR count). The van der Waals surface area contributed by atoms with E-state index in [1.807, 2.05) is 13.0 Å². The summed E-state index contributed by atoms with van der Waals surface area (Å²) in [5, 5.41) is 16.8. The van der Waals surface area contributed by atoms with Gasteiger partial charge in [-0.2, -0.15) is 8.78 Å². The SMILES string of the molecule is CCNC(=NCc1cc(Cl)ccc1OC(F)F)NCCc1cccc(OC)c1O. The first-order chi connectivity index (χ1) is 13.9. The number of para-hydroxylation sites is 1. The van der Waals surface area contributed by atoms with Crippen LogP contribution in [0, 0.1) is 0 Å². The van der Waals surface area contributed by atoms with E-state index in [4.69, 9.17) is 16.3 Å². The Bertz CT molecular complexity index is 835. The molecule has 0 aromatic heterocycles. The Morgan fingerprint density at radius 3 is 2.66 bits per heavy atom. The molecule has 0 fully saturated rings. The summed E-state index contributed by atoms with van der Waals surface area (Å²) in [6.07, 6.45) is 0.532. The molecule has 0 aliphatic carbocycles. The number of halogens is 3. The van der Waals surface area contributed by atoms with Crippen molar-refractivity contribution in [1.82, 2.24) is 10.6 Å². The van der Waals surface area contributed by atoms with Crippen LogP contribution in [0.4, 0.5) is 8.78 Å². The maximum atomic E-state index is 12.6. The van der Waals surface area contributed by atoms with Crippen LogP contribution in [0.2, 0.25) is 5.02 Å². The molecule has 29 heavy (non-hydrogen) atoms. The fourth-order valence-electron chi connectivity index (χ4n) is 2.64. The molecule has 0 amide bonds. The fraction of sp³-hybridized carbons (Fsp3) is 0.350. The van der Waals surface area contributed by atoms with E-state index in [1.54, 1.807) is 18.2 Å². The Hall–Kier alpha value is -2.74. The van der Waals surface area contributed by atoms with Gasteiger partial charge in [-0.05, 0) is 43.2 Å². The van der Waals surface area contributed by atoms with Gasteiger partial charge in [0.25, 0.3) is 0 Å². The molecule has 0 saturated heterocycles. The first-order valence-corrected chi connectivity index (χ1v) is 9.42. The van der Waals surface area contributed by atoms with Gasteiger partial charge in [0.15, 0.2) is 17.5 Å². The summed E-state index contributed by atoms with van der Waals surface area (Å²) in [5.41, 5.74) is 1.18. The third-order valence-corrected chi connectivity index (χ3v) is 4.21. The molecule has 0 aliphatic heterocycles. The van der Waals surface area contributed by atoms with Crippen LogP contribution in [0.1, 0.15) is 18.1 Å². The van der Waals surface area contributed by atoms with Crippen molar-refractivity contribution in [3.05, 3.63) is 52.5 Å². The summed E-state index contributed by atoms with van der Waals surface area (Å²) in [5.74, 6) is 1.05. The zero-order valence-corrected chi connectivity index (χ0v) is 17.0. The minimum atomic E-state index is -2.93. The zero-order valence-electron chi connectivity index (χ0n) is 16.2. The molecule has 0 atom stereocenters. The maximum Gasteiger partial charge on any atom is 0.387 e. The van der Waals surface area contributed by atoms with E-state index in [1.165, 1.54) is 19.2 Å². The Morgan fingerprint density at radius 1 is 1.17 bits per heavy atom. The number of aliphatic imine (C=N–C) groups is 1. The molecular formula is C20H24ClF2N3O3. The van der Waals surface area contributed by atoms with Gasteiger partial charge in [0.1, 0.15) is 5.75 Å². The monoisotopic (exact) mass is 427 g/mol. The lowest BCUT2D eigenvalue weighted by Crippen LogP contribution is -2.38. The van der Waals surface area contributed by atoms with Gasteiger partial charge in [0.2, 0.25) is 0 Å². The average Bonchev–Trinajstić information content (AvgIpc) is 2.69. The topological polar surface area (TPSA) is 75.1 Å². The highest BCUT2D eigenvalue weighted by molar-refractivity contribution is 6.30. The van der Waals surface area contributed by atoms with E-state index in [-0.39, 0.29) is 18.0 Å². The van der Waals surface area contributed by atoms with E-state index >= 15 is 0 Å². The molecule has 3 N–H and O–H groups in total. The lowest BCUT2D eigenvalue weighted by Gasteiger charge is -2.14. The molecule has 0 saturated carbocycles. The number of aromatic hydroxyl groups is 1. The highest BCUT2D eigenvalue weighted by atomic mass is 35.5. The largest absolute Gasteiger partial charge is 0.504 e. The highest BCUT2D eigenvalue weighted by Gasteiger charge is 2.11. The number of ether oxygens (including phenoxy) is 2. The number of guanidine groups is 1. The van der Waals surface area contributed by atoms with Gasteiger partial charge in [-0.3, -0.25) is 0 Å². The van der Waals surface area contributed by atoms with E-state index in [0.717, 1.165) is 5.56 Å². The number of rotatable bonds is 9. The van der Waals surface area contributed by atoms with Crippen LogP contribution < -0.4 is 20.1 Å². The number of alkyl halides is 2. The van der Waals surface area contributed by atoms with Gasteiger partial charge in [0.05, 0.1) is 13.7 Å². The van der Waals surface area contributed by atoms with Crippen LogP contribution >= 0.6 is 11.6 Å². The summed E-state index contributed by atoms with van der Waals surface area (Å²) in [7, 11) is 1.49. The number of nitrogens with one attached hydrogen (secondary N) is 2. The highest BCUT2D eigenvalue weighted by Crippen LogP contribution is 2.29. The van der Waals surface area contributed by atoms with Crippen LogP contribution in [0.25, 0.3) is 0 Å². The number of phenols is 1. The third-order valence-electron chi connectivity index (χ3n) is 3.98. The first-order valence-electron chi connectivity index (χ1n) is 9.04. The molecule has 2 aromatic rings. The van der Waals surface area contributed by atoms with Crippen LogP contribution in [0.5, 0.6) is 17.2 Å². The summed E-state index contributed by atoms with van der Waals surface area (Å²) in [6.45, 7) is 0.188. The Kier molecular flexibility index (Phi) is 8.79. The van der Waals surface area contributed by atoms with Gasteiger partial charge >= 0.3 is 6.61 Å². The van der Waals surface area contributed by atoms with E-state index in [9.17, 15) is 13.9 Å². The Balaban J connectivity index is 2.04. The number of hydrogen-bond acceptors (Lipinski definition) is 4. The van der Waals surface area contributed by atoms with E-state index in [2.05, 4.69) is 20.4 Å². The predicted molar refractivity (Wildman–Crippen MR) is 109 cm³/mol. The van der Waals surface area contributed by atoms with Crippen LogP contribution in [0.15, 0.2) is 41.4 Å². The molecular weight excluding hydrogens is 404 g/mol. The lowest BCUT2D eigenvalue weighted by atomic mass is 10.1. The standard InChI is InChI=1S/C20H24ClF2N3O3/c1-3-24-20(25-10-9-13-5-4-6-17(28-2)18(13)27)26-12-14-11-15(21)7-8-16(14)29-19(22)23/h4-8,11,19,27H,3,9-10,12H2,1-2H3,(H2,24,25,26). The average molecular weight is 428 g/mol. The van der Waals surface area contributed by atoms with Gasteiger partial charge in [-0.25, -0.2) is 4.99 Å². The van der Waals surface area contributed by atoms with Crippen LogP contribution in [0.3, 0.4) is 0 Å². The zero-order chi connectivity index (χ0) is 21.2. The number of nitrogens with zero attached hydrogens (tertiary/aromatic N) is 1. The van der Waals surface area contributed by atoms with Crippen molar-refractivity contribution in [3.8, 4) is 17.2 Å². The quantitative estimate of drug-likeness (QED) is 0.417. The normalized spacial score (nSPS) is 11.4. The predicted octanol–water partition coefficient (Wildman–Crippen LogP) is 3.95. The molecule has 0 radical (unpaired) electrons. The summed E-state index contributed by atoms with van der Waals surface area (Å²) in [6, 6.07) is 9.71. The van der Waals surface area contributed by atoms with Crippen molar-refractivity contribution < 1.29 is 23.4 Å². The second-order valence-corrected chi connectivity index (χ2v) is 6.41. The second-order valence-electron chi connectivity index (χ2n) is 5.97. The summed E-state index contributed by atoms with van der Waals surface area (Å²) >= 11 is 5.96. The van der Waals surface area contributed by atoms with E-state index < -0.39 is 6.61 Å². The molecule has 2 aromatic carbocycles. The molecule has 0 bridgehead atoms. The van der Waals surface area contributed by atoms with Crippen molar-refractivity contribution in [1.29, 1.82) is 0 Å². The van der Waals surface area contributed by atoms with E-state index in [0.29, 0.717) is 41.8 Å². The number of methoxy groups -OCH3 is 1. The van der Waals surface area contributed by atoms with Crippen molar-refractivity contribution in [2.24, 2.45) is 4.99 Å². The van der Waals surface area contributed by atoms with Gasteiger partial charge in [0, 0.05) is 23.7 Å². The van der Waals surface area contributed by atoms with Gasteiger partial charge in [-0.1, -0.05) is 23.7 Å². The molecule has 158 valence electrons. The third kappa shape index (κ3) is 6.98. The number of benzene rings is 2. The second kappa shape index (κ2) is 11.3. The van der Waals surface area contributed by atoms with Crippen LogP contribution in [-0.4, -0.2) is 37.9 Å². The number of phenolic OH excluding ortho intramolecular Hbond substituents is 1. The van der Waals surface area contributed by atoms with Gasteiger partial charge in [-0.15, -0.1) is 0 Å². The smallest absolute Gasteiger partial charge is 0.387 e. The summed E-state index contributed by atoms with van der Waals surface area (Å²) < 4.78 is 34.8. The maximum absolute atomic E-state index is 12.6. The molecule has 0 unspecified atom stereocenters. The lowest BCUT2D eigenvalue weighted by molar-refractivity contribution is -0.0504. The van der Waals surface area contributed by atoms with Crippen molar-refractivity contribution >= 4 is 17.6 Å².